The van der Waals surface area contributed by atoms with Gasteiger partial charge in [-0.05, 0) is 43.2 Å². The number of sulfonamides is 1. The second-order valence-electron chi connectivity index (χ2n) is 7.94. The van der Waals surface area contributed by atoms with Crippen LogP contribution in [0.1, 0.15) is 32.3 Å². The highest BCUT2D eigenvalue weighted by molar-refractivity contribution is 9.10. The molecule has 2 rings (SSSR count). The van der Waals surface area contributed by atoms with Gasteiger partial charge in [0.25, 0.3) is 0 Å². The summed E-state index contributed by atoms with van der Waals surface area (Å²) in [5.41, 5.74) is 1.12. The molecular formula is C24H32BrN3O5S. The zero-order chi connectivity index (χ0) is 25.3. The highest BCUT2D eigenvalue weighted by atomic mass is 79.9. The van der Waals surface area contributed by atoms with E-state index in [9.17, 15) is 18.0 Å². The molecule has 10 heteroatoms. The molecule has 0 aliphatic rings. The standard InChI is InChI=1S/C24H32BrN3O5S/c1-5-6-14-26-24(30)18(2)27(16-19-10-12-20(25)13-11-19)23(29)17-28(34(4,31)32)21-8-7-9-22(15-21)33-3/h7-13,15,18H,5-6,14,16-17H2,1-4H3,(H,26,30)/t18-/m0/s1. The summed E-state index contributed by atoms with van der Waals surface area (Å²) in [5, 5.41) is 2.86. The van der Waals surface area contributed by atoms with Gasteiger partial charge in [0, 0.05) is 23.6 Å². The third-order valence-electron chi connectivity index (χ3n) is 5.28. The van der Waals surface area contributed by atoms with Gasteiger partial charge in [-0.15, -0.1) is 0 Å². The first-order valence-corrected chi connectivity index (χ1v) is 13.6. The summed E-state index contributed by atoms with van der Waals surface area (Å²) in [7, 11) is -2.31. The zero-order valence-electron chi connectivity index (χ0n) is 20.0. The summed E-state index contributed by atoms with van der Waals surface area (Å²) >= 11 is 3.39. The van der Waals surface area contributed by atoms with Crippen LogP contribution < -0.4 is 14.4 Å². The Morgan fingerprint density at radius 3 is 2.41 bits per heavy atom. The van der Waals surface area contributed by atoms with E-state index in [1.807, 2.05) is 31.2 Å². The molecular weight excluding hydrogens is 522 g/mol. The van der Waals surface area contributed by atoms with Gasteiger partial charge in [0.2, 0.25) is 21.8 Å². The Hall–Kier alpha value is -2.59. The predicted molar refractivity (Wildman–Crippen MR) is 137 cm³/mol. The van der Waals surface area contributed by atoms with E-state index in [0.717, 1.165) is 33.4 Å². The minimum Gasteiger partial charge on any atom is -0.497 e. The van der Waals surface area contributed by atoms with Gasteiger partial charge in [-0.2, -0.15) is 0 Å². The van der Waals surface area contributed by atoms with Gasteiger partial charge in [-0.3, -0.25) is 13.9 Å². The molecule has 34 heavy (non-hydrogen) atoms. The fraction of sp³-hybridized carbons (Fsp3) is 0.417. The predicted octanol–water partition coefficient (Wildman–Crippen LogP) is 3.56. The molecule has 0 aliphatic carbocycles. The summed E-state index contributed by atoms with van der Waals surface area (Å²) in [6.45, 7) is 3.89. The van der Waals surface area contributed by atoms with Gasteiger partial charge >= 0.3 is 0 Å². The van der Waals surface area contributed by atoms with Crippen LogP contribution in [0.3, 0.4) is 0 Å². The maximum Gasteiger partial charge on any atom is 0.244 e. The number of anilines is 1. The molecule has 0 aliphatic heterocycles. The smallest absolute Gasteiger partial charge is 0.244 e. The largest absolute Gasteiger partial charge is 0.497 e. The summed E-state index contributed by atoms with van der Waals surface area (Å²) < 4.78 is 32.3. The van der Waals surface area contributed by atoms with E-state index >= 15 is 0 Å². The Balaban J connectivity index is 2.35. The van der Waals surface area contributed by atoms with Crippen LogP contribution in [0.5, 0.6) is 5.75 Å². The second-order valence-corrected chi connectivity index (χ2v) is 10.8. The van der Waals surface area contributed by atoms with E-state index in [1.54, 1.807) is 31.2 Å². The Labute approximate surface area is 210 Å². The Morgan fingerprint density at radius 1 is 1.15 bits per heavy atom. The van der Waals surface area contributed by atoms with Crippen molar-refractivity contribution in [2.75, 3.05) is 30.8 Å². The number of amides is 2. The van der Waals surface area contributed by atoms with Crippen molar-refractivity contribution in [2.24, 2.45) is 0 Å². The van der Waals surface area contributed by atoms with Crippen molar-refractivity contribution in [1.29, 1.82) is 0 Å². The average Bonchev–Trinajstić information content (AvgIpc) is 2.80. The zero-order valence-corrected chi connectivity index (χ0v) is 22.4. The highest BCUT2D eigenvalue weighted by Gasteiger charge is 2.30. The average molecular weight is 555 g/mol. The first kappa shape index (κ1) is 27.7. The number of methoxy groups -OCH3 is 1. The van der Waals surface area contributed by atoms with Crippen LogP contribution in [-0.2, 0) is 26.2 Å². The lowest BCUT2D eigenvalue weighted by molar-refractivity contribution is -0.139. The lowest BCUT2D eigenvalue weighted by Crippen LogP contribution is -2.51. The maximum absolute atomic E-state index is 13.5. The molecule has 0 saturated heterocycles. The van der Waals surface area contributed by atoms with Crippen molar-refractivity contribution in [1.82, 2.24) is 10.2 Å². The van der Waals surface area contributed by atoms with Crippen molar-refractivity contribution in [3.63, 3.8) is 0 Å². The molecule has 2 amide bonds. The van der Waals surface area contributed by atoms with Crippen molar-refractivity contribution in [3.8, 4) is 5.75 Å². The van der Waals surface area contributed by atoms with E-state index in [4.69, 9.17) is 4.74 Å². The molecule has 2 aromatic carbocycles. The number of carbonyl (C=O) groups excluding carboxylic acids is 2. The van der Waals surface area contributed by atoms with Gasteiger partial charge in [0.15, 0.2) is 0 Å². The van der Waals surface area contributed by atoms with Crippen LogP contribution in [-0.4, -0.2) is 57.6 Å². The number of rotatable bonds is 12. The highest BCUT2D eigenvalue weighted by Crippen LogP contribution is 2.24. The van der Waals surface area contributed by atoms with Crippen LogP contribution in [0.15, 0.2) is 53.0 Å². The molecule has 0 saturated carbocycles. The molecule has 0 aromatic heterocycles. The Kier molecular flexibility index (Phi) is 10.4. The minimum atomic E-state index is -3.79. The van der Waals surface area contributed by atoms with Gasteiger partial charge in [0.05, 0.1) is 19.1 Å². The van der Waals surface area contributed by atoms with Crippen molar-refractivity contribution in [3.05, 3.63) is 58.6 Å². The van der Waals surface area contributed by atoms with E-state index in [0.29, 0.717) is 18.0 Å². The number of hydrogen-bond donors (Lipinski definition) is 1. The first-order chi connectivity index (χ1) is 16.1. The van der Waals surface area contributed by atoms with Crippen molar-refractivity contribution < 1.29 is 22.7 Å². The summed E-state index contributed by atoms with van der Waals surface area (Å²) in [5.74, 6) is -0.311. The third kappa shape index (κ3) is 8.02. The van der Waals surface area contributed by atoms with E-state index < -0.39 is 28.5 Å². The second kappa shape index (κ2) is 12.8. The molecule has 1 N–H and O–H groups in total. The molecule has 0 bridgehead atoms. The molecule has 8 nitrogen and oxygen atoms in total. The van der Waals surface area contributed by atoms with Crippen LogP contribution in [0.2, 0.25) is 0 Å². The quantitative estimate of drug-likeness (QED) is 0.405. The van der Waals surface area contributed by atoms with Crippen molar-refractivity contribution in [2.45, 2.75) is 39.3 Å². The van der Waals surface area contributed by atoms with E-state index in [1.165, 1.54) is 12.0 Å². The number of benzene rings is 2. The third-order valence-corrected chi connectivity index (χ3v) is 6.95. The van der Waals surface area contributed by atoms with E-state index in [2.05, 4.69) is 21.2 Å². The van der Waals surface area contributed by atoms with E-state index in [-0.39, 0.29) is 12.5 Å². The van der Waals surface area contributed by atoms with Crippen LogP contribution >= 0.6 is 15.9 Å². The van der Waals surface area contributed by atoms with Crippen LogP contribution in [0, 0.1) is 0 Å². The summed E-state index contributed by atoms with van der Waals surface area (Å²) in [6.07, 6.45) is 2.80. The molecule has 0 spiro atoms. The Bertz CT molecular complexity index is 1080. The topological polar surface area (TPSA) is 96.0 Å². The SMILES string of the molecule is CCCCNC(=O)[C@H](C)N(Cc1ccc(Br)cc1)C(=O)CN(c1cccc(OC)c1)S(C)(=O)=O. The number of carbonyl (C=O) groups is 2. The molecule has 0 radical (unpaired) electrons. The fourth-order valence-corrected chi connectivity index (χ4v) is 4.39. The molecule has 0 unspecified atom stereocenters. The first-order valence-electron chi connectivity index (χ1n) is 11.0. The monoisotopic (exact) mass is 553 g/mol. The lowest BCUT2D eigenvalue weighted by atomic mass is 10.1. The van der Waals surface area contributed by atoms with Gasteiger partial charge in [-0.25, -0.2) is 8.42 Å². The number of unbranched alkanes of at least 4 members (excludes halogenated alkanes) is 1. The number of ether oxygens (including phenoxy) is 1. The minimum absolute atomic E-state index is 0.157. The lowest BCUT2D eigenvalue weighted by Gasteiger charge is -2.31. The van der Waals surface area contributed by atoms with Crippen LogP contribution in [0.25, 0.3) is 0 Å². The number of halogens is 1. The number of nitrogens with one attached hydrogen (secondary N) is 1. The molecule has 0 fully saturated rings. The van der Waals surface area contributed by atoms with Gasteiger partial charge < -0.3 is 15.0 Å². The molecule has 186 valence electrons. The normalized spacial score (nSPS) is 12.0. The maximum atomic E-state index is 13.5. The summed E-state index contributed by atoms with van der Waals surface area (Å²) in [6, 6.07) is 13.1. The molecule has 2 aromatic rings. The number of nitrogens with zero attached hydrogens (tertiary/aromatic N) is 2. The summed E-state index contributed by atoms with van der Waals surface area (Å²) in [4.78, 5) is 27.7. The molecule has 0 heterocycles. The van der Waals surface area contributed by atoms with Crippen LogP contribution in [0.4, 0.5) is 5.69 Å². The Morgan fingerprint density at radius 2 is 1.82 bits per heavy atom. The van der Waals surface area contributed by atoms with Gasteiger partial charge in [0.1, 0.15) is 18.3 Å². The fourth-order valence-electron chi connectivity index (χ4n) is 3.28. The molecule has 1 atom stereocenters. The number of hydrogen-bond acceptors (Lipinski definition) is 5. The van der Waals surface area contributed by atoms with Gasteiger partial charge in [-0.1, -0.05) is 47.5 Å². The van der Waals surface area contributed by atoms with Crippen molar-refractivity contribution >= 4 is 43.5 Å².